The first-order valence-electron chi connectivity index (χ1n) is 9.07. The number of rotatable bonds is 1. The van der Waals surface area contributed by atoms with Gasteiger partial charge in [-0.25, -0.2) is 4.98 Å². The van der Waals surface area contributed by atoms with Crippen molar-refractivity contribution in [1.82, 2.24) is 4.98 Å². The zero-order chi connectivity index (χ0) is 19.6. The summed E-state index contributed by atoms with van der Waals surface area (Å²) in [6, 6.07) is 7.15. The molecule has 0 spiro atoms. The molecule has 4 nitrogen and oxygen atoms in total. The van der Waals surface area contributed by atoms with Crippen LogP contribution in [0.2, 0.25) is 0 Å². The van der Waals surface area contributed by atoms with Gasteiger partial charge in [0.1, 0.15) is 0 Å². The lowest BCUT2D eigenvalue weighted by Gasteiger charge is -2.41. The maximum Gasteiger partial charge on any atom is 0.439 e. The van der Waals surface area contributed by atoms with Crippen molar-refractivity contribution in [3.8, 4) is 0 Å². The van der Waals surface area contributed by atoms with Crippen LogP contribution in [-0.4, -0.2) is 27.7 Å². The van der Waals surface area contributed by atoms with Crippen LogP contribution in [0.1, 0.15) is 40.0 Å². The van der Waals surface area contributed by atoms with Crippen molar-refractivity contribution in [2.75, 3.05) is 5.01 Å². The fourth-order valence-corrected chi connectivity index (χ4v) is 5.26. The lowest BCUT2D eigenvalue weighted by molar-refractivity contribution is -0.269. The lowest BCUT2D eigenvalue weighted by atomic mass is 9.66. The quantitative estimate of drug-likeness (QED) is 0.721. The Hall–Kier alpha value is -1.67. The molecule has 27 heavy (non-hydrogen) atoms. The fraction of sp³-hybridized carbons (Fsp3) is 0.579. The number of alkyl halides is 3. The molecule has 3 atom stereocenters. The zero-order valence-electron chi connectivity index (χ0n) is 15.4. The molecule has 0 amide bonds. The van der Waals surface area contributed by atoms with Gasteiger partial charge in [0.25, 0.3) is 5.72 Å². The van der Waals surface area contributed by atoms with Crippen molar-refractivity contribution in [1.29, 1.82) is 0 Å². The van der Waals surface area contributed by atoms with Crippen molar-refractivity contribution >= 4 is 32.4 Å². The van der Waals surface area contributed by atoms with Gasteiger partial charge in [0.15, 0.2) is 0 Å². The molecule has 0 saturated heterocycles. The van der Waals surface area contributed by atoms with E-state index in [0.717, 1.165) is 27.5 Å². The van der Waals surface area contributed by atoms with Gasteiger partial charge < -0.3 is 5.11 Å². The Kier molecular flexibility index (Phi) is 4.09. The maximum atomic E-state index is 14.1. The number of anilines is 1. The van der Waals surface area contributed by atoms with Gasteiger partial charge in [-0.1, -0.05) is 50.7 Å². The highest BCUT2D eigenvalue weighted by Gasteiger charge is 2.69. The second-order valence-electron chi connectivity index (χ2n) is 8.43. The Morgan fingerprint density at radius 2 is 1.89 bits per heavy atom. The molecule has 1 N–H and O–H groups in total. The van der Waals surface area contributed by atoms with E-state index < -0.39 is 17.8 Å². The second kappa shape index (κ2) is 5.91. The first kappa shape index (κ1) is 18.7. The predicted molar refractivity (Wildman–Crippen MR) is 101 cm³/mol. The molecule has 0 radical (unpaired) electrons. The van der Waals surface area contributed by atoms with Crippen LogP contribution in [0.25, 0.3) is 10.2 Å². The van der Waals surface area contributed by atoms with Crippen LogP contribution < -0.4 is 5.01 Å². The molecule has 1 aliphatic carbocycles. The van der Waals surface area contributed by atoms with Crippen molar-refractivity contribution in [3.63, 3.8) is 0 Å². The Labute approximate surface area is 159 Å². The Morgan fingerprint density at radius 1 is 1.19 bits per heavy atom. The van der Waals surface area contributed by atoms with E-state index in [-0.39, 0.29) is 22.9 Å². The summed E-state index contributed by atoms with van der Waals surface area (Å²) in [5, 5.41) is 16.2. The topological polar surface area (TPSA) is 48.7 Å². The molecule has 2 heterocycles. The first-order valence-corrected chi connectivity index (χ1v) is 9.88. The Bertz CT molecular complexity index is 868. The zero-order valence-corrected chi connectivity index (χ0v) is 16.2. The van der Waals surface area contributed by atoms with Gasteiger partial charge >= 0.3 is 6.18 Å². The average Bonchev–Trinajstić information content (AvgIpc) is 3.13. The number of aromatic nitrogens is 1. The molecule has 2 aromatic rings. The van der Waals surface area contributed by atoms with Crippen LogP contribution in [0, 0.1) is 17.3 Å². The number of hydrogen-bond donors (Lipinski definition) is 1. The molecular weight excluding hydrogens is 375 g/mol. The SMILES string of the molecule is CC(C)(C)[C@@H]1CCC[C@H]2C1=NN(c1nc3ccccc3s1)[C@@]2(O)C(F)(F)F. The largest absolute Gasteiger partial charge is 0.439 e. The third-order valence-electron chi connectivity index (χ3n) is 5.65. The van der Waals surface area contributed by atoms with Crippen LogP contribution in [0.5, 0.6) is 0 Å². The monoisotopic (exact) mass is 397 g/mol. The standard InChI is InChI=1S/C19H22F3N3OS/c1-17(2,3)11-7-6-8-12-15(11)24-25(18(12,26)19(20,21)22)16-23-13-9-4-5-10-14(13)27-16/h4-5,9-12,26H,6-8H2,1-3H3/t11-,12+,18+/m1/s1. The molecule has 0 unspecified atom stereocenters. The molecule has 1 aliphatic heterocycles. The van der Waals surface area contributed by atoms with Crippen LogP contribution in [0.3, 0.4) is 0 Å². The van der Waals surface area contributed by atoms with Crippen LogP contribution in [0.4, 0.5) is 18.3 Å². The van der Waals surface area contributed by atoms with E-state index in [1.165, 1.54) is 0 Å². The number of nitrogens with zero attached hydrogens (tertiary/aromatic N) is 3. The molecule has 146 valence electrons. The summed E-state index contributed by atoms with van der Waals surface area (Å²) in [7, 11) is 0. The first-order chi connectivity index (χ1) is 12.5. The molecular formula is C19H22F3N3OS. The van der Waals surface area contributed by atoms with Crippen molar-refractivity contribution in [2.24, 2.45) is 22.4 Å². The molecule has 2 aliphatic rings. The van der Waals surface area contributed by atoms with Gasteiger partial charge in [0.05, 0.1) is 21.8 Å². The number of benzene rings is 1. The van der Waals surface area contributed by atoms with Crippen molar-refractivity contribution in [2.45, 2.75) is 51.9 Å². The van der Waals surface area contributed by atoms with E-state index in [9.17, 15) is 18.3 Å². The summed E-state index contributed by atoms with van der Waals surface area (Å²) >= 11 is 1.11. The number of hydrogen-bond acceptors (Lipinski definition) is 5. The Morgan fingerprint density at radius 3 is 2.52 bits per heavy atom. The number of fused-ring (bicyclic) bond motifs is 2. The van der Waals surface area contributed by atoms with Gasteiger partial charge in [-0.2, -0.15) is 23.3 Å². The lowest BCUT2D eigenvalue weighted by Crippen LogP contribution is -2.61. The average molecular weight is 397 g/mol. The van der Waals surface area contributed by atoms with Gasteiger partial charge in [-0.05, 0) is 30.4 Å². The highest BCUT2D eigenvalue weighted by Crippen LogP contribution is 2.53. The van der Waals surface area contributed by atoms with Gasteiger partial charge in [-0.15, -0.1) is 0 Å². The molecule has 1 aromatic carbocycles. The third kappa shape index (κ3) is 2.76. The minimum absolute atomic E-state index is 0.0746. The van der Waals surface area contributed by atoms with E-state index >= 15 is 0 Å². The summed E-state index contributed by atoms with van der Waals surface area (Å²) in [6.45, 7) is 6.03. The number of aliphatic hydroxyl groups is 1. The van der Waals surface area contributed by atoms with Gasteiger partial charge in [-0.3, -0.25) is 0 Å². The normalized spacial score (nSPS) is 29.1. The molecule has 1 saturated carbocycles. The van der Waals surface area contributed by atoms with E-state index in [1.807, 2.05) is 26.8 Å². The third-order valence-corrected chi connectivity index (χ3v) is 6.66. The summed E-state index contributed by atoms with van der Waals surface area (Å²) in [6.07, 6.45) is -3.17. The van der Waals surface area contributed by atoms with Gasteiger partial charge in [0, 0.05) is 5.92 Å². The van der Waals surface area contributed by atoms with Crippen LogP contribution >= 0.6 is 11.3 Å². The Balaban J connectivity index is 1.88. The number of halogens is 3. The minimum Gasteiger partial charge on any atom is -0.362 e. The van der Waals surface area contributed by atoms with Crippen molar-refractivity contribution in [3.05, 3.63) is 24.3 Å². The molecule has 8 heteroatoms. The highest BCUT2D eigenvalue weighted by atomic mass is 32.1. The van der Waals surface area contributed by atoms with Crippen molar-refractivity contribution < 1.29 is 18.3 Å². The van der Waals surface area contributed by atoms with E-state index in [0.29, 0.717) is 17.6 Å². The summed E-state index contributed by atoms with van der Waals surface area (Å²) in [4.78, 5) is 4.33. The highest BCUT2D eigenvalue weighted by molar-refractivity contribution is 7.22. The smallest absolute Gasteiger partial charge is 0.362 e. The maximum absolute atomic E-state index is 14.1. The van der Waals surface area contributed by atoms with E-state index in [2.05, 4.69) is 10.1 Å². The molecule has 1 fully saturated rings. The second-order valence-corrected chi connectivity index (χ2v) is 9.44. The summed E-state index contributed by atoms with van der Waals surface area (Å²) in [5.41, 5.74) is -2.23. The number of thiazole rings is 1. The van der Waals surface area contributed by atoms with Gasteiger partial charge in [0.2, 0.25) is 5.13 Å². The minimum atomic E-state index is -4.85. The number of para-hydroxylation sites is 1. The van der Waals surface area contributed by atoms with E-state index in [4.69, 9.17) is 0 Å². The summed E-state index contributed by atoms with van der Waals surface area (Å²) < 4.78 is 43.2. The van der Waals surface area contributed by atoms with Crippen LogP contribution in [-0.2, 0) is 0 Å². The predicted octanol–water partition coefficient (Wildman–Crippen LogP) is 5.19. The molecule has 4 rings (SSSR count). The number of hydrazone groups is 1. The molecule has 0 bridgehead atoms. The van der Waals surface area contributed by atoms with Crippen LogP contribution in [0.15, 0.2) is 29.4 Å². The van der Waals surface area contributed by atoms with E-state index in [1.54, 1.807) is 18.2 Å². The fourth-order valence-electron chi connectivity index (χ4n) is 4.28. The summed E-state index contributed by atoms with van der Waals surface area (Å²) in [5.74, 6) is -1.17. The molecule has 1 aromatic heterocycles.